The fourth-order valence-electron chi connectivity index (χ4n) is 2.27. The molecule has 22 heavy (non-hydrogen) atoms. The van der Waals surface area contributed by atoms with Gasteiger partial charge >= 0.3 is 6.18 Å². The van der Waals surface area contributed by atoms with Crippen LogP contribution in [0.3, 0.4) is 0 Å². The molecule has 1 heterocycles. The van der Waals surface area contributed by atoms with E-state index in [0.717, 1.165) is 17.5 Å². The van der Waals surface area contributed by atoms with Crippen LogP contribution in [0.25, 0.3) is 16.5 Å². The van der Waals surface area contributed by atoms with Crippen LogP contribution in [0.1, 0.15) is 5.56 Å². The Labute approximate surface area is 123 Å². The number of anilines is 1. The monoisotopic (exact) mass is 304 g/mol. The molecule has 3 rings (SSSR count). The average Bonchev–Trinajstić information content (AvgIpc) is 2.47. The Morgan fingerprint density at radius 2 is 1.64 bits per heavy atom. The van der Waals surface area contributed by atoms with E-state index in [9.17, 15) is 18.0 Å². The van der Waals surface area contributed by atoms with E-state index >= 15 is 0 Å². The highest BCUT2D eigenvalue weighted by atomic mass is 19.4. The lowest BCUT2D eigenvalue weighted by atomic mass is 10.1. The Hall–Kier alpha value is -2.76. The topological polar surface area (TPSA) is 48.0 Å². The molecular formula is C16H11F3N2O. The van der Waals surface area contributed by atoms with Crippen molar-refractivity contribution in [1.82, 2.24) is 4.57 Å². The molecule has 0 unspecified atom stereocenters. The molecule has 0 radical (unpaired) electrons. The summed E-state index contributed by atoms with van der Waals surface area (Å²) in [5.41, 5.74) is 5.41. The fourth-order valence-corrected chi connectivity index (χ4v) is 2.27. The number of halogens is 3. The van der Waals surface area contributed by atoms with Gasteiger partial charge in [0.25, 0.3) is 5.56 Å². The minimum atomic E-state index is -4.40. The predicted octanol–water partition coefficient (Wildman–Crippen LogP) is 3.59. The van der Waals surface area contributed by atoms with Crippen LogP contribution in [0.5, 0.6) is 0 Å². The first-order chi connectivity index (χ1) is 10.4. The molecule has 2 aromatic carbocycles. The highest BCUT2D eigenvalue weighted by molar-refractivity contribution is 5.84. The second-order valence-corrected chi connectivity index (χ2v) is 4.88. The quantitative estimate of drug-likeness (QED) is 0.698. The highest BCUT2D eigenvalue weighted by Gasteiger charge is 2.30. The standard InChI is InChI=1S/C16H11F3N2O/c17-16(18,19)11-2-5-13(6-3-11)21-8-7-10-1-4-12(20)9-14(10)15(21)22/h1-9H,20H2. The van der Waals surface area contributed by atoms with E-state index in [1.807, 2.05) is 0 Å². The van der Waals surface area contributed by atoms with Gasteiger partial charge in [0.1, 0.15) is 0 Å². The maximum Gasteiger partial charge on any atom is 0.416 e. The molecule has 0 saturated carbocycles. The van der Waals surface area contributed by atoms with Gasteiger partial charge in [-0.3, -0.25) is 9.36 Å². The molecule has 0 spiro atoms. The molecule has 3 aromatic rings. The number of nitrogens with zero attached hydrogens (tertiary/aromatic N) is 1. The van der Waals surface area contributed by atoms with Crippen LogP contribution in [0.15, 0.2) is 59.5 Å². The summed E-state index contributed by atoms with van der Waals surface area (Å²) < 4.78 is 39.0. The Morgan fingerprint density at radius 3 is 2.27 bits per heavy atom. The lowest BCUT2D eigenvalue weighted by molar-refractivity contribution is -0.137. The normalized spacial score (nSPS) is 11.8. The number of nitrogens with two attached hydrogens (primary N) is 1. The van der Waals surface area contributed by atoms with E-state index in [1.165, 1.54) is 22.9 Å². The molecule has 1 aromatic heterocycles. The third-order valence-electron chi connectivity index (χ3n) is 3.40. The summed E-state index contributed by atoms with van der Waals surface area (Å²) in [6, 6.07) is 11.1. The molecule has 0 amide bonds. The van der Waals surface area contributed by atoms with E-state index in [2.05, 4.69) is 0 Å². The van der Waals surface area contributed by atoms with Gasteiger partial charge in [0, 0.05) is 23.0 Å². The summed E-state index contributed by atoms with van der Waals surface area (Å²) in [5.74, 6) is 0. The van der Waals surface area contributed by atoms with Gasteiger partial charge in [-0.05, 0) is 47.9 Å². The van der Waals surface area contributed by atoms with Crippen molar-refractivity contribution in [1.29, 1.82) is 0 Å². The molecule has 0 bridgehead atoms. The first kappa shape index (κ1) is 14.2. The number of fused-ring (bicyclic) bond motifs is 1. The van der Waals surface area contributed by atoms with Crippen LogP contribution < -0.4 is 11.3 Å². The Kier molecular flexibility index (Phi) is 3.16. The van der Waals surface area contributed by atoms with Gasteiger partial charge in [-0.2, -0.15) is 13.2 Å². The van der Waals surface area contributed by atoms with Crippen LogP contribution in [0, 0.1) is 0 Å². The van der Waals surface area contributed by atoms with Crippen LogP contribution in [-0.4, -0.2) is 4.57 Å². The van der Waals surface area contributed by atoms with Crippen molar-refractivity contribution in [3.63, 3.8) is 0 Å². The summed E-state index contributed by atoms with van der Waals surface area (Å²) in [6.45, 7) is 0. The second kappa shape index (κ2) is 4.91. The van der Waals surface area contributed by atoms with Crippen molar-refractivity contribution in [3.05, 3.63) is 70.6 Å². The Morgan fingerprint density at radius 1 is 0.955 bits per heavy atom. The minimum Gasteiger partial charge on any atom is -0.399 e. The van der Waals surface area contributed by atoms with Gasteiger partial charge in [-0.1, -0.05) is 6.07 Å². The smallest absolute Gasteiger partial charge is 0.399 e. The summed E-state index contributed by atoms with van der Waals surface area (Å²) in [6.07, 6.45) is -2.87. The largest absolute Gasteiger partial charge is 0.416 e. The molecular weight excluding hydrogens is 293 g/mol. The maximum absolute atomic E-state index is 12.6. The first-order valence-corrected chi connectivity index (χ1v) is 6.45. The number of nitrogen functional groups attached to an aromatic ring is 1. The molecule has 0 saturated heterocycles. The zero-order valence-electron chi connectivity index (χ0n) is 11.3. The first-order valence-electron chi connectivity index (χ1n) is 6.45. The number of hydrogen-bond acceptors (Lipinski definition) is 2. The fraction of sp³-hybridized carbons (Fsp3) is 0.0625. The lowest BCUT2D eigenvalue weighted by Crippen LogP contribution is -2.18. The highest BCUT2D eigenvalue weighted by Crippen LogP contribution is 2.29. The van der Waals surface area contributed by atoms with E-state index in [0.29, 0.717) is 16.8 Å². The molecule has 6 heteroatoms. The number of pyridine rings is 1. The Balaban J connectivity index is 2.14. The summed E-state index contributed by atoms with van der Waals surface area (Å²) in [4.78, 5) is 12.4. The van der Waals surface area contributed by atoms with E-state index in [1.54, 1.807) is 24.3 Å². The summed E-state index contributed by atoms with van der Waals surface area (Å²) in [5, 5.41) is 1.14. The van der Waals surface area contributed by atoms with E-state index in [4.69, 9.17) is 5.73 Å². The second-order valence-electron chi connectivity index (χ2n) is 4.88. The van der Waals surface area contributed by atoms with Gasteiger partial charge in [-0.25, -0.2) is 0 Å². The van der Waals surface area contributed by atoms with Crippen molar-refractivity contribution in [3.8, 4) is 5.69 Å². The molecule has 0 fully saturated rings. The van der Waals surface area contributed by atoms with Gasteiger partial charge < -0.3 is 5.73 Å². The van der Waals surface area contributed by atoms with Crippen LogP contribution in [0.4, 0.5) is 18.9 Å². The number of benzene rings is 2. The van der Waals surface area contributed by atoms with Crippen molar-refractivity contribution in [2.24, 2.45) is 0 Å². The van der Waals surface area contributed by atoms with Crippen molar-refractivity contribution in [2.75, 3.05) is 5.73 Å². The third kappa shape index (κ3) is 2.43. The van der Waals surface area contributed by atoms with Crippen molar-refractivity contribution in [2.45, 2.75) is 6.18 Å². The zero-order valence-corrected chi connectivity index (χ0v) is 11.3. The number of alkyl halides is 3. The Bertz CT molecular complexity index is 896. The average molecular weight is 304 g/mol. The SMILES string of the molecule is Nc1ccc2ccn(-c3ccc(C(F)(F)F)cc3)c(=O)c2c1. The molecule has 0 aliphatic rings. The van der Waals surface area contributed by atoms with Crippen LogP contribution in [0.2, 0.25) is 0 Å². The lowest BCUT2D eigenvalue weighted by Gasteiger charge is -2.10. The van der Waals surface area contributed by atoms with E-state index < -0.39 is 11.7 Å². The summed E-state index contributed by atoms with van der Waals surface area (Å²) in [7, 11) is 0. The molecule has 3 nitrogen and oxygen atoms in total. The number of rotatable bonds is 1. The van der Waals surface area contributed by atoms with Crippen molar-refractivity contribution < 1.29 is 13.2 Å². The molecule has 0 aliphatic carbocycles. The van der Waals surface area contributed by atoms with Gasteiger partial charge in [0.15, 0.2) is 0 Å². The maximum atomic E-state index is 12.6. The number of hydrogen-bond donors (Lipinski definition) is 1. The zero-order chi connectivity index (χ0) is 15.9. The number of aromatic nitrogens is 1. The molecule has 0 aliphatic heterocycles. The van der Waals surface area contributed by atoms with Gasteiger partial charge in [-0.15, -0.1) is 0 Å². The van der Waals surface area contributed by atoms with Crippen LogP contribution in [-0.2, 0) is 6.18 Å². The van der Waals surface area contributed by atoms with Gasteiger partial charge in [0.2, 0.25) is 0 Å². The molecule has 2 N–H and O–H groups in total. The molecule has 112 valence electrons. The third-order valence-corrected chi connectivity index (χ3v) is 3.40. The van der Waals surface area contributed by atoms with Crippen molar-refractivity contribution >= 4 is 16.5 Å². The molecule has 0 atom stereocenters. The predicted molar refractivity (Wildman–Crippen MR) is 79.0 cm³/mol. The van der Waals surface area contributed by atoms with E-state index in [-0.39, 0.29) is 5.56 Å². The van der Waals surface area contributed by atoms with Gasteiger partial charge in [0.05, 0.1) is 5.56 Å². The minimum absolute atomic E-state index is 0.329. The summed E-state index contributed by atoms with van der Waals surface area (Å²) >= 11 is 0. The van der Waals surface area contributed by atoms with Crippen LogP contribution >= 0.6 is 0 Å².